The predicted molar refractivity (Wildman–Crippen MR) is 76.5 cm³/mol. The number of sulfonamides is 1. The van der Waals surface area contributed by atoms with Crippen LogP contribution >= 0.6 is 0 Å². The molecule has 24 heavy (non-hydrogen) atoms. The Morgan fingerprint density at radius 2 is 1.75 bits per heavy atom. The Kier molecular flexibility index (Phi) is 3.52. The molecule has 8 nitrogen and oxygen atoms in total. The van der Waals surface area contributed by atoms with Gasteiger partial charge in [0.2, 0.25) is 0 Å². The summed E-state index contributed by atoms with van der Waals surface area (Å²) >= 11 is 0. The van der Waals surface area contributed by atoms with Crippen LogP contribution in [-0.2, 0) is 10.0 Å². The normalized spacial score (nSPS) is 15.1. The Morgan fingerprint density at radius 1 is 1.08 bits per heavy atom. The van der Waals surface area contributed by atoms with Crippen LogP contribution in [0.15, 0.2) is 47.4 Å². The van der Waals surface area contributed by atoms with Crippen LogP contribution in [0.4, 0.5) is 20.2 Å². The van der Waals surface area contributed by atoms with Crippen LogP contribution in [0.5, 0.6) is 11.5 Å². The number of nitro benzene ring substituents is 1. The fourth-order valence-electron chi connectivity index (χ4n) is 2.06. The molecule has 1 heterocycles. The zero-order valence-electron chi connectivity index (χ0n) is 11.6. The second-order valence-corrected chi connectivity index (χ2v) is 6.31. The van der Waals surface area contributed by atoms with Crippen molar-refractivity contribution in [3.63, 3.8) is 0 Å². The van der Waals surface area contributed by atoms with Crippen molar-refractivity contribution in [2.24, 2.45) is 0 Å². The first kappa shape index (κ1) is 15.9. The van der Waals surface area contributed by atoms with E-state index in [1.807, 2.05) is 0 Å². The molecule has 0 saturated heterocycles. The molecule has 2 aromatic carbocycles. The summed E-state index contributed by atoms with van der Waals surface area (Å²) in [5.41, 5.74) is -0.731. The molecule has 2 aromatic rings. The molecule has 0 spiro atoms. The second-order valence-electron chi connectivity index (χ2n) is 4.66. The summed E-state index contributed by atoms with van der Waals surface area (Å²) in [5, 5.41) is 10.9. The number of hydrogen-bond acceptors (Lipinski definition) is 6. The highest BCUT2D eigenvalue weighted by atomic mass is 32.2. The van der Waals surface area contributed by atoms with Crippen molar-refractivity contribution in [3.05, 3.63) is 52.6 Å². The number of hydrogen-bond donors (Lipinski definition) is 1. The molecule has 0 bridgehead atoms. The van der Waals surface area contributed by atoms with Crippen LogP contribution in [0.25, 0.3) is 0 Å². The van der Waals surface area contributed by atoms with Gasteiger partial charge in [0, 0.05) is 12.1 Å². The minimum atomic E-state index is -4.31. The number of fused-ring (bicyclic) bond motifs is 1. The lowest BCUT2D eigenvalue weighted by molar-refractivity contribution is -0.387. The molecule has 1 aliphatic heterocycles. The van der Waals surface area contributed by atoms with Gasteiger partial charge in [0.15, 0.2) is 16.4 Å². The zero-order valence-corrected chi connectivity index (χ0v) is 12.4. The molecule has 0 aromatic heterocycles. The second kappa shape index (κ2) is 5.30. The maximum absolute atomic E-state index is 13.0. The van der Waals surface area contributed by atoms with E-state index in [4.69, 9.17) is 0 Å². The number of halogens is 2. The van der Waals surface area contributed by atoms with Gasteiger partial charge in [-0.2, -0.15) is 0 Å². The molecule has 0 amide bonds. The lowest BCUT2D eigenvalue weighted by Gasteiger charge is -2.08. The van der Waals surface area contributed by atoms with Crippen LogP contribution < -0.4 is 14.2 Å². The van der Waals surface area contributed by atoms with Crippen molar-refractivity contribution < 1.29 is 31.6 Å². The van der Waals surface area contributed by atoms with Gasteiger partial charge in [-0.1, -0.05) is 12.1 Å². The van der Waals surface area contributed by atoms with Crippen LogP contribution in [0.2, 0.25) is 0 Å². The van der Waals surface area contributed by atoms with E-state index in [0.29, 0.717) is 0 Å². The van der Waals surface area contributed by atoms with E-state index < -0.39 is 31.8 Å². The third kappa shape index (κ3) is 2.93. The summed E-state index contributed by atoms with van der Waals surface area (Å²) in [5.74, 6) is -0.614. The number of benzene rings is 2. The van der Waals surface area contributed by atoms with Gasteiger partial charge >= 0.3 is 6.29 Å². The monoisotopic (exact) mass is 358 g/mol. The quantitative estimate of drug-likeness (QED) is 0.665. The summed E-state index contributed by atoms with van der Waals surface area (Å²) in [6, 6.07) is 7.98. The van der Waals surface area contributed by atoms with Gasteiger partial charge in [0.05, 0.1) is 10.6 Å². The SMILES string of the molecule is O=[N+]([O-])c1ccccc1S(=O)(=O)Nc1ccc2c(c1)OC(F)(F)O2. The maximum atomic E-state index is 13.0. The van der Waals surface area contributed by atoms with E-state index in [1.54, 1.807) is 0 Å². The minimum Gasteiger partial charge on any atom is -0.395 e. The van der Waals surface area contributed by atoms with Crippen molar-refractivity contribution in [3.8, 4) is 11.5 Å². The minimum absolute atomic E-state index is 0.117. The fraction of sp³-hybridized carbons (Fsp3) is 0.0769. The molecule has 0 saturated carbocycles. The van der Waals surface area contributed by atoms with Gasteiger partial charge < -0.3 is 9.47 Å². The van der Waals surface area contributed by atoms with Crippen molar-refractivity contribution in [2.75, 3.05) is 4.72 Å². The lowest BCUT2D eigenvalue weighted by Crippen LogP contribution is -2.25. The summed E-state index contributed by atoms with van der Waals surface area (Å²) in [4.78, 5) is 9.54. The van der Waals surface area contributed by atoms with E-state index in [2.05, 4.69) is 14.2 Å². The molecule has 1 aliphatic rings. The Bertz CT molecular complexity index is 932. The van der Waals surface area contributed by atoms with E-state index in [1.165, 1.54) is 12.1 Å². The van der Waals surface area contributed by atoms with Crippen molar-refractivity contribution >= 4 is 21.4 Å². The van der Waals surface area contributed by atoms with Crippen LogP contribution in [0, 0.1) is 10.1 Å². The number of nitrogens with one attached hydrogen (secondary N) is 1. The number of rotatable bonds is 4. The van der Waals surface area contributed by atoms with Crippen LogP contribution in [-0.4, -0.2) is 19.6 Å². The van der Waals surface area contributed by atoms with E-state index >= 15 is 0 Å². The molecule has 3 rings (SSSR count). The van der Waals surface area contributed by atoms with Gasteiger partial charge in [-0.15, -0.1) is 8.78 Å². The van der Waals surface area contributed by atoms with Gasteiger partial charge in [0.1, 0.15) is 0 Å². The molecule has 11 heteroatoms. The average Bonchev–Trinajstić information content (AvgIpc) is 2.80. The van der Waals surface area contributed by atoms with Crippen LogP contribution in [0.3, 0.4) is 0 Å². The van der Waals surface area contributed by atoms with Crippen molar-refractivity contribution in [1.29, 1.82) is 0 Å². The van der Waals surface area contributed by atoms with Gasteiger partial charge in [-0.05, 0) is 18.2 Å². The standard InChI is InChI=1S/C13H8F2N2O6S/c14-13(15)22-10-6-5-8(7-11(10)23-13)16-24(20,21)12-4-2-1-3-9(12)17(18)19/h1-7,16H. The number of nitro groups is 1. The molecule has 0 radical (unpaired) electrons. The highest BCUT2D eigenvalue weighted by Crippen LogP contribution is 2.42. The van der Waals surface area contributed by atoms with Crippen molar-refractivity contribution in [1.82, 2.24) is 0 Å². The summed E-state index contributed by atoms with van der Waals surface area (Å²) in [6.45, 7) is 0. The number of ether oxygens (including phenoxy) is 2. The molecule has 0 aliphatic carbocycles. The average molecular weight is 358 g/mol. The number of nitrogens with zero attached hydrogens (tertiary/aromatic N) is 1. The van der Waals surface area contributed by atoms with E-state index in [9.17, 15) is 27.3 Å². The summed E-state index contributed by atoms with van der Waals surface area (Å²) < 4.78 is 61.0. The summed E-state index contributed by atoms with van der Waals surface area (Å²) in [6.07, 6.45) is -3.84. The Morgan fingerprint density at radius 3 is 2.46 bits per heavy atom. The molecular weight excluding hydrogens is 350 g/mol. The lowest BCUT2D eigenvalue weighted by atomic mass is 10.3. The Hall–Kier alpha value is -2.95. The molecular formula is C13H8F2N2O6S. The number of para-hydroxylation sites is 1. The Balaban J connectivity index is 1.94. The van der Waals surface area contributed by atoms with Crippen LogP contribution in [0.1, 0.15) is 0 Å². The highest BCUT2D eigenvalue weighted by Gasteiger charge is 2.43. The molecule has 0 fully saturated rings. The highest BCUT2D eigenvalue weighted by molar-refractivity contribution is 7.92. The van der Waals surface area contributed by atoms with E-state index in [-0.39, 0.29) is 17.2 Å². The smallest absolute Gasteiger partial charge is 0.395 e. The molecule has 1 N–H and O–H groups in total. The summed E-state index contributed by atoms with van der Waals surface area (Å²) in [7, 11) is -4.31. The number of anilines is 1. The topological polar surface area (TPSA) is 108 Å². The first-order chi connectivity index (χ1) is 11.2. The first-order valence-electron chi connectivity index (χ1n) is 6.34. The van der Waals surface area contributed by atoms with Gasteiger partial charge in [-0.3, -0.25) is 14.8 Å². The predicted octanol–water partition coefficient (Wildman–Crippen LogP) is 2.72. The molecule has 126 valence electrons. The van der Waals surface area contributed by atoms with E-state index in [0.717, 1.165) is 30.3 Å². The number of alkyl halides is 2. The zero-order chi connectivity index (χ0) is 17.5. The third-order valence-electron chi connectivity index (χ3n) is 3.00. The largest absolute Gasteiger partial charge is 0.586 e. The van der Waals surface area contributed by atoms with Crippen molar-refractivity contribution in [2.45, 2.75) is 11.2 Å². The molecule has 0 unspecified atom stereocenters. The first-order valence-corrected chi connectivity index (χ1v) is 7.82. The van der Waals surface area contributed by atoms with Gasteiger partial charge in [0.25, 0.3) is 15.7 Å². The van der Waals surface area contributed by atoms with Gasteiger partial charge in [-0.25, -0.2) is 8.42 Å². The fourth-order valence-corrected chi connectivity index (χ4v) is 3.28. The third-order valence-corrected chi connectivity index (χ3v) is 4.43. The maximum Gasteiger partial charge on any atom is 0.586 e. The Labute approximate surface area is 133 Å². The molecule has 0 atom stereocenters.